The van der Waals surface area contributed by atoms with Crippen LogP contribution in [0.15, 0.2) is 66.9 Å². The third kappa shape index (κ3) is 10.6. The van der Waals surface area contributed by atoms with Gasteiger partial charge in [0.25, 0.3) is 0 Å². The molecule has 280 valence electrons. The molecule has 0 radical (unpaired) electrons. The second-order valence-corrected chi connectivity index (χ2v) is 15.1. The number of nitrogens with one attached hydrogen (secondary N) is 3. The number of ether oxygens (including phenoxy) is 2. The zero-order valence-electron chi connectivity index (χ0n) is 31.1. The van der Waals surface area contributed by atoms with Crippen molar-refractivity contribution in [3.63, 3.8) is 0 Å². The van der Waals surface area contributed by atoms with Crippen LogP contribution in [0.4, 0.5) is 9.59 Å². The third-order valence-electron chi connectivity index (χ3n) is 9.55. The van der Waals surface area contributed by atoms with Crippen LogP contribution in [0.2, 0.25) is 0 Å². The van der Waals surface area contributed by atoms with Crippen LogP contribution in [-0.2, 0) is 25.7 Å². The van der Waals surface area contributed by atoms with E-state index < -0.39 is 35.8 Å². The Hall–Kier alpha value is -4.87. The summed E-state index contributed by atoms with van der Waals surface area (Å²) < 4.78 is 12.9. The lowest BCUT2D eigenvalue weighted by Crippen LogP contribution is -2.58. The van der Waals surface area contributed by atoms with Gasteiger partial charge < -0.3 is 34.9 Å². The van der Waals surface area contributed by atoms with Crippen molar-refractivity contribution in [3.8, 4) is 11.3 Å². The number of carbonyl (C=O) groups excluding carboxylic acids is 4. The number of rotatable bonds is 13. The highest BCUT2D eigenvalue weighted by Gasteiger charge is 2.39. The van der Waals surface area contributed by atoms with Crippen LogP contribution in [0.1, 0.15) is 103 Å². The van der Waals surface area contributed by atoms with Crippen molar-refractivity contribution in [2.24, 2.45) is 5.92 Å². The molecule has 2 heterocycles. The third-order valence-corrected chi connectivity index (χ3v) is 9.55. The number of nitrogens with zero attached hydrogens (tertiary/aromatic N) is 3. The summed E-state index contributed by atoms with van der Waals surface area (Å²) in [6, 6.07) is 17.0. The Bertz CT molecular complexity index is 1650. The van der Waals surface area contributed by atoms with Crippen LogP contribution < -0.4 is 16.0 Å². The average molecular weight is 715 g/mol. The van der Waals surface area contributed by atoms with Gasteiger partial charge in [0.05, 0.1) is 18.3 Å². The van der Waals surface area contributed by atoms with E-state index in [1.807, 2.05) is 65.6 Å². The fourth-order valence-corrected chi connectivity index (χ4v) is 7.01. The summed E-state index contributed by atoms with van der Waals surface area (Å²) in [5, 5.41) is 8.19. The Balaban J connectivity index is 1.35. The minimum atomic E-state index is -1.24. The molecule has 0 bridgehead atoms. The molecule has 2 unspecified atom stereocenters. The van der Waals surface area contributed by atoms with Gasteiger partial charge in [-0.1, -0.05) is 86.3 Å². The molecule has 1 saturated heterocycles. The first-order valence-corrected chi connectivity index (χ1v) is 18.6. The Kier molecular flexibility index (Phi) is 13.0. The van der Waals surface area contributed by atoms with E-state index in [1.165, 1.54) is 0 Å². The van der Waals surface area contributed by atoms with Crippen molar-refractivity contribution in [3.05, 3.63) is 78.2 Å². The predicted molar refractivity (Wildman–Crippen MR) is 198 cm³/mol. The van der Waals surface area contributed by atoms with Crippen LogP contribution in [0.5, 0.6) is 0 Å². The second-order valence-electron chi connectivity index (χ2n) is 15.1. The number of hydrogen-bond acceptors (Lipinski definition) is 7. The zero-order valence-corrected chi connectivity index (χ0v) is 31.1. The quantitative estimate of drug-likeness (QED) is 0.179. The molecule has 2 aliphatic rings. The van der Waals surface area contributed by atoms with Gasteiger partial charge in [-0.2, -0.15) is 0 Å². The van der Waals surface area contributed by atoms with E-state index in [4.69, 9.17) is 14.5 Å². The Morgan fingerprint density at radius 3 is 2.19 bits per heavy atom. The summed E-state index contributed by atoms with van der Waals surface area (Å²) in [7, 11) is 0. The van der Waals surface area contributed by atoms with Gasteiger partial charge in [0.1, 0.15) is 30.1 Å². The number of carbonyl (C=O) groups is 4. The highest BCUT2D eigenvalue weighted by Crippen LogP contribution is 2.36. The first kappa shape index (κ1) is 38.4. The summed E-state index contributed by atoms with van der Waals surface area (Å²) in [5.74, 6) is 0.333. The molecule has 1 aliphatic carbocycles. The van der Waals surface area contributed by atoms with Crippen molar-refractivity contribution in [2.45, 2.75) is 116 Å². The predicted octanol–water partition coefficient (Wildman–Crippen LogP) is 6.68. The Labute approximate surface area is 307 Å². The Morgan fingerprint density at radius 2 is 1.54 bits per heavy atom. The van der Waals surface area contributed by atoms with Crippen LogP contribution in [0.25, 0.3) is 11.3 Å². The van der Waals surface area contributed by atoms with Gasteiger partial charge in [-0.3, -0.25) is 9.59 Å². The number of hydrogen-bond donors (Lipinski definition) is 3. The topological polar surface area (TPSA) is 144 Å². The maximum atomic E-state index is 14.6. The zero-order chi connectivity index (χ0) is 37.3. The number of benzene rings is 2. The number of likely N-dealkylation sites (tertiary alicyclic amines) is 1. The summed E-state index contributed by atoms with van der Waals surface area (Å²) in [6.07, 6.45) is 6.66. The molecule has 1 saturated carbocycles. The highest BCUT2D eigenvalue weighted by molar-refractivity contribution is 5.92. The summed E-state index contributed by atoms with van der Waals surface area (Å²) in [5.41, 5.74) is 1.84. The summed E-state index contributed by atoms with van der Waals surface area (Å²) in [4.78, 5) is 61.1. The van der Waals surface area contributed by atoms with Gasteiger partial charge >= 0.3 is 12.2 Å². The van der Waals surface area contributed by atoms with Crippen LogP contribution >= 0.6 is 0 Å². The van der Waals surface area contributed by atoms with Crippen molar-refractivity contribution in [1.29, 1.82) is 0 Å². The van der Waals surface area contributed by atoms with E-state index in [9.17, 15) is 19.2 Å². The van der Waals surface area contributed by atoms with Crippen molar-refractivity contribution < 1.29 is 28.7 Å². The molecule has 3 N–H and O–H groups in total. The Morgan fingerprint density at radius 1 is 0.865 bits per heavy atom. The van der Waals surface area contributed by atoms with Gasteiger partial charge in [0, 0.05) is 24.3 Å². The van der Waals surface area contributed by atoms with Crippen molar-refractivity contribution in [1.82, 2.24) is 30.4 Å². The van der Waals surface area contributed by atoms with E-state index in [-0.39, 0.29) is 37.1 Å². The average Bonchev–Trinajstić information content (AvgIpc) is 3.90. The van der Waals surface area contributed by atoms with Gasteiger partial charge in [0.2, 0.25) is 11.8 Å². The molecule has 2 fully saturated rings. The number of amides is 4. The molecule has 0 spiro atoms. The largest absolute Gasteiger partial charge is 0.445 e. The monoisotopic (exact) mass is 714 g/mol. The molecule has 12 nitrogen and oxygen atoms in total. The molecule has 12 heteroatoms. The van der Waals surface area contributed by atoms with Gasteiger partial charge in [-0.05, 0) is 65.4 Å². The van der Waals surface area contributed by atoms with E-state index in [0.29, 0.717) is 13.0 Å². The fourth-order valence-electron chi connectivity index (χ4n) is 7.01. The first-order chi connectivity index (χ1) is 24.9. The summed E-state index contributed by atoms with van der Waals surface area (Å²) in [6.45, 7) is 9.68. The maximum absolute atomic E-state index is 14.6. The lowest BCUT2D eigenvalue weighted by atomic mass is 9.96. The van der Waals surface area contributed by atoms with Gasteiger partial charge in [0.15, 0.2) is 0 Å². The summed E-state index contributed by atoms with van der Waals surface area (Å²) >= 11 is 0. The first-order valence-electron chi connectivity index (χ1n) is 18.6. The lowest BCUT2D eigenvalue weighted by Gasteiger charge is -2.32. The SMILES string of the molecule is CC(C)n1cc(-c2ccccc2)nc1[C@@H]1CCCN1C(=O)C(CC1CCCC1)NC(=O)C(CNC(=O)OCc1ccccc1)NC(=O)OC(C)(C)C. The number of aromatic nitrogens is 2. The minimum Gasteiger partial charge on any atom is -0.445 e. The van der Waals surface area contributed by atoms with Crippen LogP contribution in [-0.4, -0.2) is 69.2 Å². The van der Waals surface area contributed by atoms with Gasteiger partial charge in [-0.25, -0.2) is 14.6 Å². The molecule has 1 aromatic heterocycles. The standard InChI is InChI=1S/C40H54N6O6/c1-27(2)46-25-33(30-19-10-7-11-20-30)42-35(46)34-21-14-22-45(34)37(48)31(23-28-15-12-13-16-28)43-36(47)32(44-39(50)52-40(3,4)5)24-41-38(49)51-26-29-17-8-6-9-18-29/h6-11,17-20,25,27-28,31-32,34H,12-16,21-24,26H2,1-5H3,(H,41,49)(H,43,47)(H,44,50)/t31?,32?,34-/m0/s1. The van der Waals surface area contributed by atoms with Crippen molar-refractivity contribution >= 4 is 24.0 Å². The smallest absolute Gasteiger partial charge is 0.408 e. The number of imidazole rings is 1. The molecule has 3 aromatic rings. The molecule has 52 heavy (non-hydrogen) atoms. The lowest BCUT2D eigenvalue weighted by molar-refractivity contribution is -0.138. The van der Waals surface area contributed by atoms with E-state index in [2.05, 4.69) is 40.6 Å². The van der Waals surface area contributed by atoms with Crippen LogP contribution in [0.3, 0.4) is 0 Å². The van der Waals surface area contributed by atoms with E-state index in [1.54, 1.807) is 20.8 Å². The highest BCUT2D eigenvalue weighted by atomic mass is 16.6. The molecule has 5 rings (SSSR count). The second kappa shape index (κ2) is 17.6. The number of alkyl carbamates (subject to hydrolysis) is 2. The molecule has 4 amide bonds. The fraction of sp³-hybridized carbons (Fsp3) is 0.525. The minimum absolute atomic E-state index is 0.0416. The molecular formula is C40H54N6O6. The van der Waals surface area contributed by atoms with Gasteiger partial charge in [-0.15, -0.1) is 0 Å². The van der Waals surface area contributed by atoms with E-state index >= 15 is 0 Å². The maximum Gasteiger partial charge on any atom is 0.408 e. The molecule has 2 aromatic carbocycles. The van der Waals surface area contributed by atoms with Crippen LogP contribution in [0, 0.1) is 5.92 Å². The molecule has 1 aliphatic heterocycles. The normalized spacial score (nSPS) is 17.4. The molecule has 3 atom stereocenters. The van der Waals surface area contributed by atoms with E-state index in [0.717, 1.165) is 61.2 Å². The van der Waals surface area contributed by atoms with Crippen molar-refractivity contribution in [2.75, 3.05) is 13.1 Å². The molecular weight excluding hydrogens is 660 g/mol.